The van der Waals surface area contributed by atoms with Crippen LogP contribution in [0.2, 0.25) is 0 Å². The Hall–Kier alpha value is -1.09. The van der Waals surface area contributed by atoms with E-state index in [2.05, 4.69) is 41.6 Å². The summed E-state index contributed by atoms with van der Waals surface area (Å²) in [6.07, 6.45) is 2.57. The van der Waals surface area contributed by atoms with Gasteiger partial charge in [-0.1, -0.05) is 13.8 Å². The highest BCUT2D eigenvalue weighted by molar-refractivity contribution is 5.42. The van der Waals surface area contributed by atoms with Gasteiger partial charge in [0, 0.05) is 18.3 Å². The lowest BCUT2D eigenvalue weighted by Crippen LogP contribution is -2.10. The fourth-order valence-electron chi connectivity index (χ4n) is 1.72. The minimum atomic E-state index is 0.483. The van der Waals surface area contributed by atoms with Gasteiger partial charge in [-0.3, -0.25) is 0 Å². The van der Waals surface area contributed by atoms with Crippen LogP contribution in [0.25, 0.3) is 0 Å². The Labute approximate surface area is 97.7 Å². The molecule has 1 saturated carbocycles. The molecule has 0 atom stereocenters. The summed E-state index contributed by atoms with van der Waals surface area (Å²) in [5, 5.41) is 6.66. The molecule has 1 aromatic heterocycles. The molecule has 1 aromatic rings. The standard InChI is InChI=1S/C13H21N3/c1-9(2)12-6-10(8-14-3)7-13(16-12)15-11-4-5-11/h6-7,9,11,14H,4-5,8H2,1-3H3,(H,15,16). The lowest BCUT2D eigenvalue weighted by molar-refractivity contribution is 0.788. The molecule has 1 aliphatic carbocycles. The van der Waals surface area contributed by atoms with Crippen LogP contribution in [0.15, 0.2) is 12.1 Å². The first-order valence-electron chi connectivity index (χ1n) is 6.11. The summed E-state index contributed by atoms with van der Waals surface area (Å²) >= 11 is 0. The molecule has 2 N–H and O–H groups in total. The highest BCUT2D eigenvalue weighted by atomic mass is 15.0. The van der Waals surface area contributed by atoms with Gasteiger partial charge in [0.1, 0.15) is 5.82 Å². The molecule has 1 heterocycles. The number of nitrogens with zero attached hydrogens (tertiary/aromatic N) is 1. The van der Waals surface area contributed by atoms with Crippen LogP contribution in [0.5, 0.6) is 0 Å². The molecule has 0 spiro atoms. The summed E-state index contributed by atoms with van der Waals surface area (Å²) in [6.45, 7) is 5.28. The van der Waals surface area contributed by atoms with E-state index in [0.717, 1.165) is 12.4 Å². The van der Waals surface area contributed by atoms with E-state index in [1.807, 2.05) is 7.05 Å². The van der Waals surface area contributed by atoms with Crippen LogP contribution in [-0.2, 0) is 6.54 Å². The molecule has 3 heteroatoms. The highest BCUT2D eigenvalue weighted by Crippen LogP contribution is 2.25. The Kier molecular flexibility index (Phi) is 3.44. The van der Waals surface area contributed by atoms with Crippen LogP contribution in [0, 0.1) is 0 Å². The molecule has 1 aliphatic rings. The Morgan fingerprint density at radius 2 is 2.12 bits per heavy atom. The molecule has 1 fully saturated rings. The van der Waals surface area contributed by atoms with Crippen molar-refractivity contribution in [1.29, 1.82) is 0 Å². The van der Waals surface area contributed by atoms with Crippen molar-refractivity contribution < 1.29 is 0 Å². The number of nitrogens with one attached hydrogen (secondary N) is 2. The van der Waals surface area contributed by atoms with Crippen LogP contribution in [0.1, 0.15) is 43.9 Å². The van der Waals surface area contributed by atoms with Gasteiger partial charge in [-0.25, -0.2) is 4.98 Å². The largest absolute Gasteiger partial charge is 0.367 e. The molecule has 0 saturated heterocycles. The van der Waals surface area contributed by atoms with Gasteiger partial charge in [-0.15, -0.1) is 0 Å². The Balaban J connectivity index is 2.20. The van der Waals surface area contributed by atoms with Crippen LogP contribution in [0.4, 0.5) is 5.82 Å². The van der Waals surface area contributed by atoms with Gasteiger partial charge in [0.25, 0.3) is 0 Å². The highest BCUT2D eigenvalue weighted by Gasteiger charge is 2.21. The minimum Gasteiger partial charge on any atom is -0.367 e. The average molecular weight is 219 g/mol. The monoisotopic (exact) mass is 219 g/mol. The maximum Gasteiger partial charge on any atom is 0.126 e. The second-order valence-corrected chi connectivity index (χ2v) is 4.89. The van der Waals surface area contributed by atoms with Crippen molar-refractivity contribution in [3.8, 4) is 0 Å². The third kappa shape index (κ3) is 2.95. The van der Waals surface area contributed by atoms with E-state index in [-0.39, 0.29) is 0 Å². The summed E-state index contributed by atoms with van der Waals surface area (Å²) in [6, 6.07) is 5.01. The van der Waals surface area contributed by atoms with Gasteiger partial charge in [-0.05, 0) is 43.5 Å². The van der Waals surface area contributed by atoms with Crippen LogP contribution in [-0.4, -0.2) is 18.1 Å². The zero-order valence-electron chi connectivity index (χ0n) is 10.4. The average Bonchev–Trinajstić information content (AvgIpc) is 3.01. The third-order valence-corrected chi connectivity index (χ3v) is 2.81. The fourth-order valence-corrected chi connectivity index (χ4v) is 1.72. The zero-order valence-corrected chi connectivity index (χ0v) is 10.4. The van der Waals surface area contributed by atoms with E-state index in [9.17, 15) is 0 Å². The van der Waals surface area contributed by atoms with Crippen molar-refractivity contribution in [2.24, 2.45) is 0 Å². The maximum absolute atomic E-state index is 4.66. The van der Waals surface area contributed by atoms with Crippen molar-refractivity contribution >= 4 is 5.82 Å². The van der Waals surface area contributed by atoms with E-state index in [1.54, 1.807) is 0 Å². The fraction of sp³-hybridized carbons (Fsp3) is 0.615. The molecule has 0 bridgehead atoms. The topological polar surface area (TPSA) is 37.0 Å². The lowest BCUT2D eigenvalue weighted by Gasteiger charge is -2.12. The molecule has 0 unspecified atom stereocenters. The first kappa shape index (κ1) is 11.4. The molecule has 0 radical (unpaired) electrons. The molecular formula is C13H21N3. The number of rotatable bonds is 5. The molecule has 2 rings (SSSR count). The van der Waals surface area contributed by atoms with Gasteiger partial charge in [0.2, 0.25) is 0 Å². The Morgan fingerprint density at radius 3 is 2.69 bits per heavy atom. The molecule has 0 aliphatic heterocycles. The van der Waals surface area contributed by atoms with Crippen molar-refractivity contribution in [2.75, 3.05) is 12.4 Å². The number of aromatic nitrogens is 1. The summed E-state index contributed by atoms with van der Waals surface area (Å²) < 4.78 is 0. The lowest BCUT2D eigenvalue weighted by atomic mass is 10.1. The van der Waals surface area contributed by atoms with E-state index < -0.39 is 0 Å². The summed E-state index contributed by atoms with van der Waals surface area (Å²) in [7, 11) is 1.98. The van der Waals surface area contributed by atoms with Crippen molar-refractivity contribution in [3.63, 3.8) is 0 Å². The molecular weight excluding hydrogens is 198 g/mol. The number of anilines is 1. The van der Waals surface area contributed by atoms with Gasteiger partial charge in [0.15, 0.2) is 0 Å². The van der Waals surface area contributed by atoms with E-state index in [4.69, 9.17) is 0 Å². The second kappa shape index (κ2) is 4.83. The van der Waals surface area contributed by atoms with Crippen LogP contribution < -0.4 is 10.6 Å². The molecule has 0 aromatic carbocycles. The molecule has 3 nitrogen and oxygen atoms in total. The summed E-state index contributed by atoms with van der Waals surface area (Å²) in [5.41, 5.74) is 2.49. The normalized spacial score (nSPS) is 15.5. The van der Waals surface area contributed by atoms with Gasteiger partial charge in [0.05, 0.1) is 0 Å². The first-order valence-corrected chi connectivity index (χ1v) is 6.11. The number of hydrogen-bond donors (Lipinski definition) is 2. The smallest absolute Gasteiger partial charge is 0.126 e. The Bertz CT molecular complexity index is 356. The summed E-state index contributed by atoms with van der Waals surface area (Å²) in [5.74, 6) is 1.52. The van der Waals surface area contributed by atoms with Crippen LogP contribution >= 0.6 is 0 Å². The van der Waals surface area contributed by atoms with Crippen molar-refractivity contribution in [2.45, 2.75) is 45.2 Å². The first-order chi connectivity index (χ1) is 7.69. The third-order valence-electron chi connectivity index (χ3n) is 2.81. The SMILES string of the molecule is CNCc1cc(NC2CC2)nc(C(C)C)c1. The molecule has 88 valence electrons. The molecule has 16 heavy (non-hydrogen) atoms. The van der Waals surface area contributed by atoms with Gasteiger partial charge in [-0.2, -0.15) is 0 Å². The van der Waals surface area contributed by atoms with Gasteiger partial charge >= 0.3 is 0 Å². The van der Waals surface area contributed by atoms with E-state index >= 15 is 0 Å². The maximum atomic E-state index is 4.66. The number of pyridine rings is 1. The van der Waals surface area contributed by atoms with Crippen molar-refractivity contribution in [3.05, 3.63) is 23.4 Å². The van der Waals surface area contributed by atoms with E-state index in [0.29, 0.717) is 12.0 Å². The van der Waals surface area contributed by atoms with E-state index in [1.165, 1.54) is 24.1 Å². The quantitative estimate of drug-likeness (QED) is 0.799. The Morgan fingerprint density at radius 1 is 1.38 bits per heavy atom. The number of hydrogen-bond acceptors (Lipinski definition) is 3. The minimum absolute atomic E-state index is 0.483. The summed E-state index contributed by atoms with van der Waals surface area (Å²) in [4.78, 5) is 4.66. The van der Waals surface area contributed by atoms with Crippen molar-refractivity contribution in [1.82, 2.24) is 10.3 Å². The molecule has 0 amide bonds. The van der Waals surface area contributed by atoms with Crippen LogP contribution in [0.3, 0.4) is 0 Å². The predicted molar refractivity (Wildman–Crippen MR) is 67.7 cm³/mol. The predicted octanol–water partition coefficient (Wildman–Crippen LogP) is 2.50. The van der Waals surface area contributed by atoms with Gasteiger partial charge < -0.3 is 10.6 Å². The second-order valence-electron chi connectivity index (χ2n) is 4.89. The zero-order chi connectivity index (χ0) is 11.5.